The van der Waals surface area contributed by atoms with E-state index in [9.17, 15) is 14.7 Å². The van der Waals surface area contributed by atoms with Crippen molar-refractivity contribution in [3.05, 3.63) is 39.7 Å². The third-order valence-corrected chi connectivity index (χ3v) is 23.2. The van der Waals surface area contributed by atoms with Crippen LogP contribution < -0.4 is 9.01 Å². The summed E-state index contributed by atoms with van der Waals surface area (Å²) in [7, 11) is 0. The number of carboxylic acids is 1. The topological polar surface area (TPSA) is 59.3 Å². The molecule has 1 N–H and O–H groups in total. The molecule has 1 aliphatic carbocycles. The molecule has 1 aromatic carbocycles. The SMILES string of the molecule is CCC[CH2][Sn]([CH2]CCC)([CH2]CCC)[c]1ccc2c(=O)c(C(=O)O)cn(C3CC3)c2c1C. The molecule has 0 saturated heterocycles. The van der Waals surface area contributed by atoms with Crippen molar-refractivity contribution in [3.63, 3.8) is 0 Å². The minimum absolute atomic E-state index is 0.0933. The van der Waals surface area contributed by atoms with E-state index in [1.54, 1.807) is 9.78 Å². The van der Waals surface area contributed by atoms with Gasteiger partial charge in [-0.15, -0.1) is 0 Å². The predicted octanol–water partition coefficient (Wildman–Crippen LogP) is 6.40. The quantitative estimate of drug-likeness (QED) is 0.322. The third kappa shape index (κ3) is 5.04. The van der Waals surface area contributed by atoms with Gasteiger partial charge in [0.2, 0.25) is 0 Å². The number of fused-ring (bicyclic) bond motifs is 1. The van der Waals surface area contributed by atoms with Gasteiger partial charge in [0.05, 0.1) is 0 Å². The van der Waals surface area contributed by atoms with Crippen LogP contribution in [0.15, 0.2) is 23.1 Å². The molecule has 3 rings (SSSR count). The molecule has 0 amide bonds. The molecule has 0 aliphatic heterocycles. The van der Waals surface area contributed by atoms with Gasteiger partial charge in [0.25, 0.3) is 0 Å². The standard InChI is InChI=1S/C14H12NO3.3C4H9.Sn/c1-8-3-2-4-10-12(8)15(9-5-6-9)7-11(13(10)16)14(17)18;3*1-3-4-2;/h2,4,7,9H,5-6H2,1H3,(H,17,18);3*1,3-4H2,2H3;. The Bertz CT molecular complexity index is 969. The van der Waals surface area contributed by atoms with E-state index in [0.29, 0.717) is 11.4 Å². The van der Waals surface area contributed by atoms with Gasteiger partial charge in [0.1, 0.15) is 0 Å². The Hall–Kier alpha value is -1.30. The molecule has 5 heteroatoms. The second-order valence-corrected chi connectivity index (χ2v) is 22.7. The molecule has 1 aromatic heterocycles. The fraction of sp³-hybridized carbons (Fsp3) is 0.615. The second-order valence-electron chi connectivity index (χ2n) is 9.54. The Labute approximate surface area is 190 Å². The van der Waals surface area contributed by atoms with Crippen LogP contribution in [-0.2, 0) is 0 Å². The number of carboxylic acid groups (broad SMARTS) is 1. The normalized spacial score (nSPS) is 14.3. The molecular weight excluding hydrogens is 493 g/mol. The van der Waals surface area contributed by atoms with Crippen molar-refractivity contribution in [1.29, 1.82) is 0 Å². The van der Waals surface area contributed by atoms with Gasteiger partial charge in [-0.3, -0.25) is 0 Å². The molecule has 0 atom stereocenters. The number of hydrogen-bond donors (Lipinski definition) is 1. The molecule has 0 spiro atoms. The first kappa shape index (κ1) is 24.3. The number of unbranched alkanes of at least 4 members (excludes halogenated alkanes) is 3. The van der Waals surface area contributed by atoms with Crippen LogP contribution in [-0.4, -0.2) is 34.0 Å². The maximum absolute atomic E-state index is 13.0. The molecule has 2 aromatic rings. The number of rotatable bonds is 12. The molecular formula is C26H39NO3Sn. The van der Waals surface area contributed by atoms with Gasteiger partial charge in [0, 0.05) is 0 Å². The summed E-state index contributed by atoms with van der Waals surface area (Å²) in [5, 5.41) is 10.2. The molecule has 0 unspecified atom stereocenters. The monoisotopic (exact) mass is 533 g/mol. The predicted molar refractivity (Wildman–Crippen MR) is 133 cm³/mol. The van der Waals surface area contributed by atoms with Gasteiger partial charge in [-0.05, 0) is 0 Å². The van der Waals surface area contributed by atoms with Crippen molar-refractivity contribution in [1.82, 2.24) is 4.57 Å². The van der Waals surface area contributed by atoms with Gasteiger partial charge < -0.3 is 0 Å². The van der Waals surface area contributed by atoms with Crippen LogP contribution in [0, 0.1) is 6.92 Å². The number of carbonyl (C=O) groups is 1. The van der Waals surface area contributed by atoms with Gasteiger partial charge in [0.15, 0.2) is 0 Å². The first-order valence-corrected chi connectivity index (χ1v) is 19.8. The van der Waals surface area contributed by atoms with Crippen molar-refractivity contribution >= 4 is 38.8 Å². The van der Waals surface area contributed by atoms with E-state index in [2.05, 4.69) is 38.3 Å². The number of aromatic nitrogens is 1. The molecule has 0 bridgehead atoms. The van der Waals surface area contributed by atoms with Gasteiger partial charge in [-0.25, -0.2) is 0 Å². The number of pyridine rings is 1. The van der Waals surface area contributed by atoms with Crippen LogP contribution in [0.5, 0.6) is 0 Å². The molecule has 1 fully saturated rings. The molecule has 4 nitrogen and oxygen atoms in total. The number of nitrogens with zero attached hydrogens (tertiary/aromatic N) is 1. The van der Waals surface area contributed by atoms with E-state index in [0.717, 1.165) is 18.4 Å². The maximum atomic E-state index is 13.0. The summed E-state index contributed by atoms with van der Waals surface area (Å²) in [6.45, 7) is 9.09. The number of benzene rings is 1. The van der Waals surface area contributed by atoms with E-state index in [1.165, 1.54) is 57.4 Å². The number of hydrogen-bond acceptors (Lipinski definition) is 2. The summed E-state index contributed by atoms with van der Waals surface area (Å²) in [5.41, 5.74) is 1.87. The van der Waals surface area contributed by atoms with E-state index < -0.39 is 24.3 Å². The van der Waals surface area contributed by atoms with Crippen LogP contribution in [0.25, 0.3) is 10.9 Å². The molecule has 1 aliphatic rings. The first-order valence-electron chi connectivity index (χ1n) is 12.3. The van der Waals surface area contributed by atoms with Crippen molar-refractivity contribution in [3.8, 4) is 0 Å². The van der Waals surface area contributed by atoms with Crippen LogP contribution >= 0.6 is 0 Å². The summed E-state index contributed by atoms with van der Waals surface area (Å²) in [6.07, 6.45) is 11.4. The molecule has 1 heterocycles. The summed E-state index contributed by atoms with van der Waals surface area (Å²) >= 11 is -2.67. The first-order chi connectivity index (χ1) is 14.9. The zero-order valence-corrected chi connectivity index (χ0v) is 22.7. The summed E-state index contributed by atoms with van der Waals surface area (Å²) in [4.78, 5) is 24.7. The number of aromatic carboxylic acids is 1. The van der Waals surface area contributed by atoms with Crippen LogP contribution in [0.2, 0.25) is 13.3 Å². The average Bonchev–Trinajstić information content (AvgIpc) is 3.59. The Morgan fingerprint density at radius 3 is 2.03 bits per heavy atom. The van der Waals surface area contributed by atoms with Crippen molar-refractivity contribution in [2.24, 2.45) is 0 Å². The zero-order chi connectivity index (χ0) is 22.6. The molecule has 1 saturated carbocycles. The summed E-state index contributed by atoms with van der Waals surface area (Å²) < 4.78 is 7.89. The second kappa shape index (κ2) is 10.5. The van der Waals surface area contributed by atoms with E-state index in [4.69, 9.17) is 0 Å². The van der Waals surface area contributed by atoms with Crippen molar-refractivity contribution < 1.29 is 9.90 Å². The van der Waals surface area contributed by atoms with Crippen molar-refractivity contribution in [2.45, 2.75) is 98.4 Å². The zero-order valence-electron chi connectivity index (χ0n) is 19.8. The Kier molecular flexibility index (Phi) is 8.28. The van der Waals surface area contributed by atoms with E-state index >= 15 is 0 Å². The summed E-state index contributed by atoms with van der Waals surface area (Å²) in [6, 6.07) is 4.56. The molecule has 170 valence electrons. The van der Waals surface area contributed by atoms with Crippen molar-refractivity contribution in [2.75, 3.05) is 0 Å². The van der Waals surface area contributed by atoms with Gasteiger partial charge in [-0.2, -0.15) is 0 Å². The minimum atomic E-state index is -2.67. The average molecular weight is 532 g/mol. The van der Waals surface area contributed by atoms with Crippen LogP contribution in [0.1, 0.15) is 94.1 Å². The third-order valence-electron chi connectivity index (χ3n) is 7.22. The fourth-order valence-electron chi connectivity index (χ4n) is 5.32. The van der Waals surface area contributed by atoms with Gasteiger partial charge in [-0.1, -0.05) is 0 Å². The fourth-order valence-corrected chi connectivity index (χ4v) is 22.4. The van der Waals surface area contributed by atoms with E-state index in [1.807, 2.05) is 6.07 Å². The van der Waals surface area contributed by atoms with Crippen LogP contribution in [0.4, 0.5) is 0 Å². The molecule has 31 heavy (non-hydrogen) atoms. The Balaban J connectivity index is 2.27. The van der Waals surface area contributed by atoms with Gasteiger partial charge >= 0.3 is 191 Å². The summed E-state index contributed by atoms with van der Waals surface area (Å²) in [5.74, 6) is -1.12. The van der Waals surface area contributed by atoms with E-state index in [-0.39, 0.29) is 11.0 Å². The number of aryl methyl sites for hydroxylation is 1. The van der Waals surface area contributed by atoms with Crippen LogP contribution in [0.3, 0.4) is 0 Å². The Morgan fingerprint density at radius 1 is 1.03 bits per heavy atom. The Morgan fingerprint density at radius 2 is 1.58 bits per heavy atom. The molecule has 0 radical (unpaired) electrons.